The van der Waals surface area contributed by atoms with Crippen LogP contribution >= 0.6 is 24.0 Å². The van der Waals surface area contributed by atoms with E-state index >= 15 is 0 Å². The SMILES string of the molecule is CCCC(CCO)CN=C(NCC)NC1CCN(Cc2ccc(F)cc2)CC1.I. The monoisotopic (exact) mass is 520 g/mol. The van der Waals surface area contributed by atoms with Gasteiger partial charge >= 0.3 is 0 Å². The lowest BCUT2D eigenvalue weighted by atomic mass is 10.0. The molecule has 1 aliphatic rings. The Labute approximate surface area is 192 Å². The van der Waals surface area contributed by atoms with Gasteiger partial charge in [-0.05, 0) is 56.2 Å². The first-order valence-corrected chi connectivity index (χ1v) is 10.8. The van der Waals surface area contributed by atoms with Crippen molar-refractivity contribution >= 4 is 29.9 Å². The molecule has 1 saturated heterocycles. The minimum absolute atomic E-state index is 0. The van der Waals surface area contributed by atoms with Gasteiger partial charge in [-0.25, -0.2) is 4.39 Å². The normalized spacial score (nSPS) is 16.9. The Morgan fingerprint density at radius 2 is 1.90 bits per heavy atom. The van der Waals surface area contributed by atoms with Crippen LogP contribution < -0.4 is 10.6 Å². The molecule has 1 aliphatic heterocycles. The summed E-state index contributed by atoms with van der Waals surface area (Å²) in [6.07, 6.45) is 5.18. The Balaban J connectivity index is 0.00000420. The number of aliphatic imine (C=N–C) groups is 1. The number of likely N-dealkylation sites (tertiary alicyclic amines) is 1. The smallest absolute Gasteiger partial charge is 0.191 e. The van der Waals surface area contributed by atoms with Crippen LogP contribution in [0.3, 0.4) is 0 Å². The molecule has 1 unspecified atom stereocenters. The van der Waals surface area contributed by atoms with Crippen LogP contribution in [0.1, 0.15) is 51.5 Å². The largest absolute Gasteiger partial charge is 0.396 e. The number of guanidine groups is 1. The van der Waals surface area contributed by atoms with Gasteiger partial charge in [-0.15, -0.1) is 24.0 Å². The molecule has 166 valence electrons. The Hall–Kier alpha value is -0.930. The fourth-order valence-corrected chi connectivity index (χ4v) is 3.73. The highest BCUT2D eigenvalue weighted by molar-refractivity contribution is 14.0. The standard InChI is InChI=1S/C22H37FN4O.HI/c1-3-5-18(12-15-28)16-25-22(24-4-2)26-21-10-13-27(14-11-21)17-19-6-8-20(23)9-7-19;/h6-9,18,21,28H,3-5,10-17H2,1-2H3,(H2,24,25,26);1H. The van der Waals surface area contributed by atoms with Crippen molar-refractivity contribution < 1.29 is 9.50 Å². The van der Waals surface area contributed by atoms with Crippen LogP contribution in [-0.4, -0.2) is 54.8 Å². The van der Waals surface area contributed by atoms with Gasteiger partial charge in [0, 0.05) is 45.4 Å². The highest BCUT2D eigenvalue weighted by Crippen LogP contribution is 2.15. The maximum atomic E-state index is 13.0. The minimum atomic E-state index is -0.179. The van der Waals surface area contributed by atoms with Crippen LogP contribution in [0.15, 0.2) is 29.3 Å². The second kappa shape index (κ2) is 15.0. The molecule has 0 saturated carbocycles. The van der Waals surface area contributed by atoms with Crippen LogP contribution in [0.4, 0.5) is 4.39 Å². The van der Waals surface area contributed by atoms with Crippen molar-refractivity contribution in [3.63, 3.8) is 0 Å². The second-order valence-electron chi connectivity index (χ2n) is 7.71. The molecule has 1 fully saturated rings. The van der Waals surface area contributed by atoms with Crippen LogP contribution in [-0.2, 0) is 6.54 Å². The zero-order valence-corrected chi connectivity index (χ0v) is 20.2. The molecule has 0 amide bonds. The molecule has 3 N–H and O–H groups in total. The highest BCUT2D eigenvalue weighted by atomic mass is 127. The van der Waals surface area contributed by atoms with Gasteiger partial charge in [-0.2, -0.15) is 0 Å². The Morgan fingerprint density at radius 1 is 1.21 bits per heavy atom. The molecule has 1 atom stereocenters. The number of hydrogen-bond acceptors (Lipinski definition) is 3. The average molecular weight is 520 g/mol. The zero-order valence-electron chi connectivity index (χ0n) is 17.9. The molecular formula is C22H38FIN4O. The summed E-state index contributed by atoms with van der Waals surface area (Å²) in [6.45, 7) is 9.02. The van der Waals surface area contributed by atoms with Crippen LogP contribution in [0, 0.1) is 11.7 Å². The number of nitrogens with zero attached hydrogens (tertiary/aromatic N) is 2. The van der Waals surface area contributed by atoms with Crippen molar-refractivity contribution in [2.45, 2.75) is 58.5 Å². The number of nitrogens with one attached hydrogen (secondary N) is 2. The fourth-order valence-electron chi connectivity index (χ4n) is 3.73. The first-order chi connectivity index (χ1) is 13.6. The van der Waals surface area contributed by atoms with Crippen molar-refractivity contribution in [3.8, 4) is 0 Å². The summed E-state index contributed by atoms with van der Waals surface area (Å²) in [5.74, 6) is 1.16. The fraction of sp³-hybridized carbons (Fsp3) is 0.682. The van der Waals surface area contributed by atoms with E-state index in [1.165, 1.54) is 12.1 Å². The highest BCUT2D eigenvalue weighted by Gasteiger charge is 2.20. The van der Waals surface area contributed by atoms with Gasteiger partial charge in [0.1, 0.15) is 5.82 Å². The van der Waals surface area contributed by atoms with E-state index < -0.39 is 0 Å². The van der Waals surface area contributed by atoms with E-state index in [4.69, 9.17) is 4.99 Å². The topological polar surface area (TPSA) is 59.9 Å². The van der Waals surface area contributed by atoms with Gasteiger partial charge in [0.15, 0.2) is 5.96 Å². The van der Waals surface area contributed by atoms with Gasteiger partial charge < -0.3 is 15.7 Å². The van der Waals surface area contributed by atoms with E-state index in [1.807, 2.05) is 12.1 Å². The number of halogens is 2. The van der Waals surface area contributed by atoms with E-state index in [1.54, 1.807) is 0 Å². The molecule has 5 nitrogen and oxygen atoms in total. The number of aliphatic hydroxyl groups is 1. The summed E-state index contributed by atoms with van der Waals surface area (Å²) in [7, 11) is 0. The zero-order chi connectivity index (χ0) is 20.2. The third-order valence-corrected chi connectivity index (χ3v) is 5.33. The quantitative estimate of drug-likeness (QED) is 0.250. The van der Waals surface area contributed by atoms with Crippen molar-refractivity contribution in [1.82, 2.24) is 15.5 Å². The summed E-state index contributed by atoms with van der Waals surface area (Å²) < 4.78 is 13.0. The third kappa shape index (κ3) is 10.1. The molecule has 0 bridgehead atoms. The third-order valence-electron chi connectivity index (χ3n) is 5.33. The summed E-state index contributed by atoms with van der Waals surface area (Å²) >= 11 is 0. The molecule has 1 aromatic carbocycles. The summed E-state index contributed by atoms with van der Waals surface area (Å²) in [5, 5.41) is 16.2. The summed E-state index contributed by atoms with van der Waals surface area (Å²) in [4.78, 5) is 7.20. The maximum Gasteiger partial charge on any atom is 0.191 e. The van der Waals surface area contributed by atoms with Gasteiger partial charge in [-0.1, -0.05) is 25.5 Å². The maximum absolute atomic E-state index is 13.0. The van der Waals surface area contributed by atoms with Gasteiger partial charge in [0.05, 0.1) is 0 Å². The van der Waals surface area contributed by atoms with Crippen molar-refractivity contribution in [2.75, 3.05) is 32.8 Å². The van der Waals surface area contributed by atoms with Crippen molar-refractivity contribution in [2.24, 2.45) is 10.9 Å². The number of piperidine rings is 1. The van der Waals surface area contributed by atoms with Crippen LogP contribution in [0.5, 0.6) is 0 Å². The second-order valence-corrected chi connectivity index (χ2v) is 7.71. The predicted octanol–water partition coefficient (Wildman–Crippen LogP) is 3.76. The molecule has 0 aromatic heterocycles. The molecule has 7 heteroatoms. The van der Waals surface area contributed by atoms with E-state index in [9.17, 15) is 9.50 Å². The van der Waals surface area contributed by atoms with E-state index in [0.717, 1.165) is 76.4 Å². The van der Waals surface area contributed by atoms with Gasteiger partial charge in [0.25, 0.3) is 0 Å². The average Bonchev–Trinajstić information content (AvgIpc) is 2.70. The Bertz CT molecular complexity index is 571. The van der Waals surface area contributed by atoms with E-state index in [-0.39, 0.29) is 36.4 Å². The molecule has 2 rings (SSSR count). The molecule has 0 spiro atoms. The predicted molar refractivity (Wildman–Crippen MR) is 129 cm³/mol. The van der Waals surface area contributed by atoms with Crippen molar-refractivity contribution in [3.05, 3.63) is 35.6 Å². The van der Waals surface area contributed by atoms with Gasteiger partial charge in [0.2, 0.25) is 0 Å². The molecule has 0 aliphatic carbocycles. The molecule has 29 heavy (non-hydrogen) atoms. The van der Waals surface area contributed by atoms with Crippen molar-refractivity contribution in [1.29, 1.82) is 0 Å². The van der Waals surface area contributed by atoms with Crippen LogP contribution in [0.25, 0.3) is 0 Å². The molecule has 1 heterocycles. The Kier molecular flexibility index (Phi) is 13.5. The minimum Gasteiger partial charge on any atom is -0.396 e. The van der Waals surface area contributed by atoms with Gasteiger partial charge in [-0.3, -0.25) is 9.89 Å². The number of hydrogen-bond donors (Lipinski definition) is 3. The lowest BCUT2D eigenvalue weighted by Crippen LogP contribution is -2.48. The molecular weight excluding hydrogens is 482 g/mol. The summed E-state index contributed by atoms with van der Waals surface area (Å²) in [5.41, 5.74) is 1.16. The summed E-state index contributed by atoms with van der Waals surface area (Å²) in [6, 6.07) is 7.23. The Morgan fingerprint density at radius 3 is 2.48 bits per heavy atom. The lowest BCUT2D eigenvalue weighted by Gasteiger charge is -2.33. The lowest BCUT2D eigenvalue weighted by molar-refractivity contribution is 0.198. The molecule has 1 aromatic rings. The van der Waals surface area contributed by atoms with E-state index in [0.29, 0.717) is 12.0 Å². The number of benzene rings is 1. The first-order valence-electron chi connectivity index (χ1n) is 10.8. The number of aliphatic hydroxyl groups excluding tert-OH is 1. The van der Waals surface area contributed by atoms with Crippen LogP contribution in [0.2, 0.25) is 0 Å². The number of rotatable bonds is 10. The molecule has 0 radical (unpaired) electrons. The van der Waals surface area contributed by atoms with E-state index in [2.05, 4.69) is 29.4 Å². The first kappa shape index (κ1) is 26.1.